The summed E-state index contributed by atoms with van der Waals surface area (Å²) >= 11 is 1.31. The average molecular weight is 356 g/mol. The van der Waals surface area contributed by atoms with Crippen LogP contribution in [0.5, 0.6) is 0 Å². The molecule has 26 heavy (non-hydrogen) atoms. The standard InChI is InChI=1S/C24H20OS/c1-16(2)17-11-13-20(14-12-17)26-24(25)23-21-9-5-3-7-18(21)15-19-8-4-6-10-22(19)23/h3-16H,1-2H3. The molecule has 0 spiro atoms. The van der Waals surface area contributed by atoms with Crippen molar-refractivity contribution in [1.29, 1.82) is 0 Å². The molecule has 0 bridgehead atoms. The minimum absolute atomic E-state index is 0.0929. The van der Waals surface area contributed by atoms with Gasteiger partial charge in [-0.25, -0.2) is 0 Å². The van der Waals surface area contributed by atoms with Crippen molar-refractivity contribution < 1.29 is 4.79 Å². The first kappa shape index (κ1) is 16.9. The number of benzene rings is 4. The molecule has 0 aromatic heterocycles. The quantitative estimate of drug-likeness (QED) is 0.289. The van der Waals surface area contributed by atoms with Crippen LogP contribution in [0.15, 0.2) is 83.8 Å². The van der Waals surface area contributed by atoms with Crippen molar-refractivity contribution in [3.8, 4) is 0 Å². The van der Waals surface area contributed by atoms with Crippen LogP contribution in [0, 0.1) is 0 Å². The van der Waals surface area contributed by atoms with Crippen LogP contribution in [0.1, 0.15) is 35.7 Å². The Kier molecular flexibility index (Phi) is 4.52. The number of thioether (sulfide) groups is 1. The number of hydrogen-bond donors (Lipinski definition) is 0. The molecule has 0 saturated heterocycles. The predicted molar refractivity (Wildman–Crippen MR) is 112 cm³/mol. The Bertz CT molecular complexity index is 1040. The van der Waals surface area contributed by atoms with Crippen LogP contribution in [0.3, 0.4) is 0 Å². The van der Waals surface area contributed by atoms with Crippen LogP contribution in [0.4, 0.5) is 0 Å². The second-order valence-corrected chi connectivity index (χ2v) is 7.85. The largest absolute Gasteiger partial charge is 0.281 e. The molecule has 0 amide bonds. The first-order chi connectivity index (χ1) is 12.6. The highest BCUT2D eigenvalue weighted by Crippen LogP contribution is 2.33. The van der Waals surface area contributed by atoms with Gasteiger partial charge in [-0.05, 0) is 63.0 Å². The van der Waals surface area contributed by atoms with Gasteiger partial charge in [-0.3, -0.25) is 4.79 Å². The van der Waals surface area contributed by atoms with Gasteiger partial charge >= 0.3 is 0 Å². The number of hydrogen-bond acceptors (Lipinski definition) is 2. The van der Waals surface area contributed by atoms with Gasteiger partial charge in [0.15, 0.2) is 0 Å². The molecule has 0 N–H and O–H groups in total. The van der Waals surface area contributed by atoms with Crippen molar-refractivity contribution in [3.05, 3.63) is 90.0 Å². The zero-order valence-corrected chi connectivity index (χ0v) is 15.7. The summed E-state index contributed by atoms with van der Waals surface area (Å²) in [7, 11) is 0. The average Bonchev–Trinajstić information content (AvgIpc) is 2.66. The smallest absolute Gasteiger partial charge is 0.225 e. The number of carbonyl (C=O) groups excluding carboxylic acids is 1. The van der Waals surface area contributed by atoms with E-state index in [1.807, 2.05) is 48.5 Å². The summed E-state index contributed by atoms with van der Waals surface area (Å²) < 4.78 is 0. The summed E-state index contributed by atoms with van der Waals surface area (Å²) in [6.45, 7) is 4.35. The second kappa shape index (κ2) is 6.97. The van der Waals surface area contributed by atoms with E-state index in [9.17, 15) is 4.79 Å². The fourth-order valence-electron chi connectivity index (χ4n) is 3.31. The van der Waals surface area contributed by atoms with E-state index in [1.165, 1.54) is 17.3 Å². The third kappa shape index (κ3) is 3.13. The molecule has 0 saturated carbocycles. The molecule has 1 nitrogen and oxygen atoms in total. The fourth-order valence-corrected chi connectivity index (χ4v) is 4.12. The van der Waals surface area contributed by atoms with Gasteiger partial charge in [-0.2, -0.15) is 0 Å². The lowest BCUT2D eigenvalue weighted by Crippen LogP contribution is -1.97. The fraction of sp³-hybridized carbons (Fsp3) is 0.125. The second-order valence-electron chi connectivity index (χ2n) is 6.81. The molecule has 4 aromatic rings. The molecular formula is C24H20OS. The van der Waals surface area contributed by atoms with Crippen LogP contribution in [0.2, 0.25) is 0 Å². The molecule has 4 rings (SSSR count). The van der Waals surface area contributed by atoms with Gasteiger partial charge in [0, 0.05) is 10.5 Å². The molecule has 4 aromatic carbocycles. The van der Waals surface area contributed by atoms with Gasteiger partial charge in [0.1, 0.15) is 0 Å². The first-order valence-corrected chi connectivity index (χ1v) is 9.68. The first-order valence-electron chi connectivity index (χ1n) is 8.86. The minimum Gasteiger partial charge on any atom is -0.281 e. The predicted octanol–water partition coefficient (Wildman–Crippen LogP) is 7.05. The Morgan fingerprint density at radius 1 is 0.769 bits per heavy atom. The molecular weight excluding hydrogens is 336 g/mol. The molecule has 0 heterocycles. The number of carbonyl (C=O) groups is 1. The van der Waals surface area contributed by atoms with Crippen LogP contribution in [-0.2, 0) is 0 Å². The SMILES string of the molecule is CC(C)c1ccc(SC(=O)c2c3ccccc3cc3ccccc23)cc1. The van der Waals surface area contributed by atoms with Crippen molar-refractivity contribution in [2.75, 3.05) is 0 Å². The monoisotopic (exact) mass is 356 g/mol. The highest BCUT2D eigenvalue weighted by Gasteiger charge is 2.16. The summed E-state index contributed by atoms with van der Waals surface area (Å²) in [6.07, 6.45) is 0. The molecule has 0 radical (unpaired) electrons. The van der Waals surface area contributed by atoms with E-state index < -0.39 is 0 Å². The van der Waals surface area contributed by atoms with Crippen molar-refractivity contribution in [3.63, 3.8) is 0 Å². The Hall–Kier alpha value is -2.58. The Labute approximate surface area is 158 Å². The molecule has 0 fully saturated rings. The summed E-state index contributed by atoms with van der Waals surface area (Å²) in [5.74, 6) is 0.492. The zero-order chi connectivity index (χ0) is 18.1. The van der Waals surface area contributed by atoms with E-state index in [2.05, 4.69) is 44.2 Å². The minimum atomic E-state index is 0.0929. The van der Waals surface area contributed by atoms with Crippen molar-refractivity contribution >= 4 is 38.4 Å². The van der Waals surface area contributed by atoms with Crippen LogP contribution >= 0.6 is 11.8 Å². The molecule has 0 aliphatic heterocycles. The molecule has 2 heteroatoms. The third-order valence-electron chi connectivity index (χ3n) is 4.73. The van der Waals surface area contributed by atoms with Gasteiger partial charge in [-0.15, -0.1) is 0 Å². The molecule has 0 aliphatic rings. The lowest BCUT2D eigenvalue weighted by Gasteiger charge is -2.11. The van der Waals surface area contributed by atoms with Crippen LogP contribution < -0.4 is 0 Å². The Morgan fingerprint density at radius 2 is 1.31 bits per heavy atom. The number of fused-ring (bicyclic) bond motifs is 2. The zero-order valence-electron chi connectivity index (χ0n) is 14.9. The topological polar surface area (TPSA) is 17.1 Å². The maximum atomic E-state index is 13.2. The summed E-state index contributed by atoms with van der Waals surface area (Å²) in [5, 5.41) is 4.33. The van der Waals surface area contributed by atoms with Gasteiger partial charge in [-0.1, -0.05) is 74.5 Å². The summed E-state index contributed by atoms with van der Waals surface area (Å²) in [6, 6.07) is 26.7. The highest BCUT2D eigenvalue weighted by molar-refractivity contribution is 8.14. The van der Waals surface area contributed by atoms with E-state index in [4.69, 9.17) is 0 Å². The van der Waals surface area contributed by atoms with E-state index in [0.29, 0.717) is 5.92 Å². The number of rotatable bonds is 3. The maximum Gasteiger partial charge on any atom is 0.225 e. The molecule has 0 atom stereocenters. The van der Waals surface area contributed by atoms with Gasteiger partial charge in [0.05, 0.1) is 0 Å². The third-order valence-corrected chi connectivity index (χ3v) is 5.63. The summed E-state index contributed by atoms with van der Waals surface area (Å²) in [4.78, 5) is 14.2. The normalized spacial score (nSPS) is 11.3. The lowest BCUT2D eigenvalue weighted by atomic mass is 9.97. The Morgan fingerprint density at radius 3 is 1.85 bits per heavy atom. The van der Waals surface area contributed by atoms with Crippen molar-refractivity contribution in [2.24, 2.45) is 0 Å². The van der Waals surface area contributed by atoms with Gasteiger partial charge in [0.25, 0.3) is 0 Å². The Balaban J connectivity index is 1.80. The molecule has 0 aliphatic carbocycles. The lowest BCUT2D eigenvalue weighted by molar-refractivity contribution is 0.109. The van der Waals surface area contributed by atoms with Gasteiger partial charge in [0.2, 0.25) is 5.12 Å². The van der Waals surface area contributed by atoms with E-state index in [-0.39, 0.29) is 5.12 Å². The molecule has 128 valence electrons. The van der Waals surface area contributed by atoms with Crippen molar-refractivity contribution in [2.45, 2.75) is 24.7 Å². The van der Waals surface area contributed by atoms with Crippen molar-refractivity contribution in [1.82, 2.24) is 0 Å². The highest BCUT2D eigenvalue weighted by atomic mass is 32.2. The molecule has 0 unspecified atom stereocenters. The van der Waals surface area contributed by atoms with E-state index in [1.54, 1.807) is 0 Å². The van der Waals surface area contributed by atoms with E-state index in [0.717, 1.165) is 32.0 Å². The van der Waals surface area contributed by atoms with Gasteiger partial charge < -0.3 is 0 Å². The summed E-state index contributed by atoms with van der Waals surface area (Å²) in [5.41, 5.74) is 2.09. The maximum absolute atomic E-state index is 13.2. The van der Waals surface area contributed by atoms with E-state index >= 15 is 0 Å². The van der Waals surface area contributed by atoms with Crippen LogP contribution in [-0.4, -0.2) is 5.12 Å². The van der Waals surface area contributed by atoms with Crippen LogP contribution in [0.25, 0.3) is 21.5 Å².